The molecule has 11 heteroatoms. The summed E-state index contributed by atoms with van der Waals surface area (Å²) in [5.41, 5.74) is 1.69. The van der Waals surface area contributed by atoms with Crippen LogP contribution in [0.2, 0.25) is 15.1 Å². The maximum atomic E-state index is 14.2. The lowest BCUT2D eigenvalue weighted by Crippen LogP contribution is -2.56. The number of carbonyl (C=O) groups is 2. The topological polar surface area (TPSA) is 86.8 Å². The van der Waals surface area contributed by atoms with Gasteiger partial charge < -0.3 is 10.2 Å². The number of carbonyl (C=O) groups excluding carboxylic acids is 2. The molecule has 0 saturated carbocycles. The maximum absolute atomic E-state index is 14.2. The minimum atomic E-state index is -3.90. The van der Waals surface area contributed by atoms with E-state index < -0.39 is 34.1 Å². The van der Waals surface area contributed by atoms with E-state index in [0.29, 0.717) is 31.9 Å². The first kappa shape index (κ1) is 32.7. The van der Waals surface area contributed by atoms with Gasteiger partial charge in [-0.05, 0) is 74.7 Å². The van der Waals surface area contributed by atoms with Gasteiger partial charge in [0.1, 0.15) is 12.6 Å². The van der Waals surface area contributed by atoms with Gasteiger partial charge in [-0.1, -0.05) is 71.2 Å². The van der Waals surface area contributed by atoms with Gasteiger partial charge in [0.25, 0.3) is 0 Å². The smallest absolute Gasteiger partial charge is 0.244 e. The van der Waals surface area contributed by atoms with Gasteiger partial charge in [-0.3, -0.25) is 13.9 Å². The highest BCUT2D eigenvalue weighted by atomic mass is 35.5. The Balaban J connectivity index is 2.12. The average Bonchev–Trinajstić information content (AvgIpc) is 2.85. The normalized spacial score (nSPS) is 12.5. The van der Waals surface area contributed by atoms with Crippen LogP contribution in [0.15, 0.2) is 66.7 Å². The molecule has 220 valence electrons. The first-order chi connectivity index (χ1) is 19.0. The third-order valence-corrected chi connectivity index (χ3v) is 8.18. The van der Waals surface area contributed by atoms with Crippen LogP contribution >= 0.6 is 34.8 Å². The fourth-order valence-corrected chi connectivity index (χ4v) is 5.94. The first-order valence-corrected chi connectivity index (χ1v) is 15.9. The molecule has 7 nitrogen and oxygen atoms in total. The molecule has 0 fully saturated rings. The average molecular weight is 639 g/mol. The zero-order valence-electron chi connectivity index (χ0n) is 23.6. The lowest BCUT2D eigenvalue weighted by molar-refractivity contribution is -0.140. The fourth-order valence-electron chi connectivity index (χ4n) is 4.33. The van der Waals surface area contributed by atoms with Gasteiger partial charge in [-0.15, -0.1) is 0 Å². The third kappa shape index (κ3) is 9.36. The van der Waals surface area contributed by atoms with Crippen LogP contribution in [0.3, 0.4) is 0 Å². The van der Waals surface area contributed by atoms with Crippen LogP contribution in [0.5, 0.6) is 0 Å². The van der Waals surface area contributed by atoms with Crippen LogP contribution in [0.4, 0.5) is 5.69 Å². The Morgan fingerprint density at radius 2 is 1.54 bits per heavy atom. The number of nitrogens with one attached hydrogen (secondary N) is 1. The van der Waals surface area contributed by atoms with Crippen molar-refractivity contribution in [3.05, 3.63) is 98.5 Å². The van der Waals surface area contributed by atoms with Crippen molar-refractivity contribution in [2.45, 2.75) is 52.2 Å². The van der Waals surface area contributed by atoms with E-state index in [-0.39, 0.29) is 18.9 Å². The van der Waals surface area contributed by atoms with Crippen LogP contribution in [-0.2, 0) is 32.6 Å². The van der Waals surface area contributed by atoms with Crippen molar-refractivity contribution in [2.75, 3.05) is 17.1 Å². The van der Waals surface area contributed by atoms with Crippen molar-refractivity contribution < 1.29 is 18.0 Å². The molecule has 0 heterocycles. The molecular weight excluding hydrogens is 605 g/mol. The van der Waals surface area contributed by atoms with Gasteiger partial charge in [0.05, 0.1) is 11.9 Å². The molecule has 2 amide bonds. The van der Waals surface area contributed by atoms with Crippen LogP contribution in [-0.4, -0.2) is 49.5 Å². The number of amides is 2. The second kappa shape index (κ2) is 13.5. The van der Waals surface area contributed by atoms with E-state index in [2.05, 4.69) is 5.32 Å². The van der Waals surface area contributed by atoms with Gasteiger partial charge >= 0.3 is 0 Å². The number of benzene rings is 3. The largest absolute Gasteiger partial charge is 0.350 e. The molecule has 3 rings (SSSR count). The highest BCUT2D eigenvalue weighted by molar-refractivity contribution is 7.92. The van der Waals surface area contributed by atoms with Gasteiger partial charge in [-0.25, -0.2) is 8.42 Å². The SMILES string of the molecule is Cc1cc(Cl)ccc1N(CC(=O)N(Cc1ccc(Cl)cc1Cl)C(Cc1ccccc1)C(=O)NC(C)(C)C)S(C)(=O)=O. The summed E-state index contributed by atoms with van der Waals surface area (Å²) in [6.45, 7) is 6.66. The van der Waals surface area contributed by atoms with E-state index in [1.165, 1.54) is 4.90 Å². The highest BCUT2D eigenvalue weighted by Gasteiger charge is 2.35. The molecule has 0 aliphatic heterocycles. The number of hydrogen-bond acceptors (Lipinski definition) is 4. The Morgan fingerprint density at radius 1 is 0.927 bits per heavy atom. The highest BCUT2D eigenvalue weighted by Crippen LogP contribution is 2.28. The van der Waals surface area contributed by atoms with Crippen LogP contribution in [0, 0.1) is 6.92 Å². The van der Waals surface area contributed by atoms with Crippen molar-refractivity contribution >= 4 is 62.3 Å². The summed E-state index contributed by atoms with van der Waals surface area (Å²) >= 11 is 18.7. The van der Waals surface area contributed by atoms with Crippen LogP contribution < -0.4 is 9.62 Å². The second-order valence-corrected chi connectivity index (χ2v) is 14.1. The molecule has 0 spiro atoms. The molecule has 0 aliphatic carbocycles. The molecule has 3 aromatic rings. The summed E-state index contributed by atoms with van der Waals surface area (Å²) in [4.78, 5) is 29.3. The van der Waals surface area contributed by atoms with Crippen molar-refractivity contribution in [3.63, 3.8) is 0 Å². The number of sulfonamides is 1. The van der Waals surface area contributed by atoms with Gasteiger partial charge in [0.15, 0.2) is 0 Å². The summed E-state index contributed by atoms with van der Waals surface area (Å²) < 4.78 is 27.0. The molecule has 0 saturated heterocycles. The van der Waals surface area contributed by atoms with Crippen LogP contribution in [0.25, 0.3) is 0 Å². The maximum Gasteiger partial charge on any atom is 0.244 e. The molecule has 1 atom stereocenters. The molecule has 3 aromatic carbocycles. The Bertz CT molecular complexity index is 1510. The zero-order chi connectivity index (χ0) is 30.5. The van der Waals surface area contributed by atoms with E-state index >= 15 is 0 Å². The van der Waals surface area contributed by atoms with E-state index in [0.717, 1.165) is 16.1 Å². The first-order valence-electron chi connectivity index (χ1n) is 12.9. The van der Waals surface area contributed by atoms with Crippen molar-refractivity contribution in [3.8, 4) is 0 Å². The lowest BCUT2D eigenvalue weighted by atomic mass is 10.0. The molecule has 1 unspecified atom stereocenters. The number of anilines is 1. The van der Waals surface area contributed by atoms with Gasteiger partial charge in [-0.2, -0.15) is 0 Å². The van der Waals surface area contributed by atoms with Crippen LogP contribution in [0.1, 0.15) is 37.5 Å². The number of rotatable bonds is 10. The third-order valence-electron chi connectivity index (χ3n) is 6.23. The standard InChI is InChI=1S/C30H34Cl3N3O4S/c1-20-15-23(31)13-14-26(20)36(41(5,39)40)19-28(37)35(18-22-11-12-24(32)17-25(22)33)27(29(38)34-30(2,3)4)16-21-9-7-6-8-10-21/h6-15,17,27H,16,18-19H2,1-5H3,(H,34,38). The molecule has 41 heavy (non-hydrogen) atoms. The van der Waals surface area contributed by atoms with Gasteiger partial charge in [0, 0.05) is 33.6 Å². The van der Waals surface area contributed by atoms with Crippen molar-refractivity contribution in [2.24, 2.45) is 0 Å². The molecule has 0 aliphatic rings. The summed E-state index contributed by atoms with van der Waals surface area (Å²) in [5.74, 6) is -0.964. The predicted octanol–water partition coefficient (Wildman–Crippen LogP) is 6.28. The Morgan fingerprint density at radius 3 is 2.10 bits per heavy atom. The number of halogens is 3. The minimum absolute atomic E-state index is 0.0545. The fraction of sp³-hybridized carbons (Fsp3) is 0.333. The molecule has 1 N–H and O–H groups in total. The van der Waals surface area contributed by atoms with E-state index in [1.54, 1.807) is 43.3 Å². The Hall–Kier alpha value is -2.78. The van der Waals surface area contributed by atoms with Gasteiger partial charge in [0.2, 0.25) is 21.8 Å². The molecule has 0 bridgehead atoms. The number of aryl methyl sites for hydroxylation is 1. The summed E-state index contributed by atoms with van der Waals surface area (Å²) in [6.07, 6.45) is 1.22. The zero-order valence-corrected chi connectivity index (χ0v) is 26.7. The predicted molar refractivity (Wildman–Crippen MR) is 167 cm³/mol. The summed E-state index contributed by atoms with van der Waals surface area (Å²) in [6, 6.07) is 18.0. The lowest BCUT2D eigenvalue weighted by Gasteiger charge is -2.35. The molecular formula is C30H34Cl3N3O4S. The number of hydrogen-bond donors (Lipinski definition) is 1. The molecule has 0 radical (unpaired) electrons. The quantitative estimate of drug-likeness (QED) is 0.283. The van der Waals surface area contributed by atoms with Crippen molar-refractivity contribution in [1.82, 2.24) is 10.2 Å². The Kier molecular flexibility index (Phi) is 10.7. The number of nitrogens with zero attached hydrogens (tertiary/aromatic N) is 2. The Labute approximate surface area is 257 Å². The molecule has 0 aromatic heterocycles. The van der Waals surface area contributed by atoms with Crippen molar-refractivity contribution in [1.29, 1.82) is 0 Å². The summed E-state index contributed by atoms with van der Waals surface area (Å²) in [5, 5.41) is 4.16. The second-order valence-electron chi connectivity index (χ2n) is 10.9. The summed E-state index contributed by atoms with van der Waals surface area (Å²) in [7, 11) is -3.90. The van der Waals surface area contributed by atoms with E-state index in [9.17, 15) is 18.0 Å². The minimum Gasteiger partial charge on any atom is -0.350 e. The monoisotopic (exact) mass is 637 g/mol. The van der Waals surface area contributed by atoms with E-state index in [1.807, 2.05) is 51.1 Å². The van der Waals surface area contributed by atoms with E-state index in [4.69, 9.17) is 34.8 Å².